The highest BCUT2D eigenvalue weighted by molar-refractivity contribution is 5.96. The number of benzene rings is 1. The Bertz CT molecular complexity index is 385. The fourth-order valence-corrected chi connectivity index (χ4v) is 1.05. The summed E-state index contributed by atoms with van der Waals surface area (Å²) in [5.74, 6) is -1.71. The zero-order valence-corrected chi connectivity index (χ0v) is 7.83. The molecule has 0 radical (unpaired) electrons. The monoisotopic (exact) mass is 196 g/mol. The van der Waals surface area contributed by atoms with Gasteiger partial charge in [-0.25, -0.2) is 9.18 Å². The average molecular weight is 196 g/mol. The van der Waals surface area contributed by atoms with Gasteiger partial charge in [0.25, 0.3) is 0 Å². The second kappa shape index (κ2) is 4.00. The molecule has 3 nitrogen and oxygen atoms in total. The Hall–Kier alpha value is -1.71. The summed E-state index contributed by atoms with van der Waals surface area (Å²) in [6, 6.07) is 3.61. The van der Waals surface area contributed by atoms with Crippen LogP contribution in [0.5, 0.6) is 0 Å². The minimum Gasteiger partial charge on any atom is -0.465 e. The Balaban J connectivity index is 3.12. The fourth-order valence-electron chi connectivity index (χ4n) is 1.05. The Morgan fingerprint density at radius 2 is 2.00 bits per heavy atom. The first-order valence-corrected chi connectivity index (χ1v) is 3.95. The van der Waals surface area contributed by atoms with E-state index in [0.717, 1.165) is 6.07 Å². The van der Waals surface area contributed by atoms with Crippen molar-refractivity contribution in [3.05, 3.63) is 35.1 Å². The maximum Gasteiger partial charge on any atom is 0.337 e. The molecule has 0 N–H and O–H groups in total. The van der Waals surface area contributed by atoms with Crippen molar-refractivity contribution < 1.29 is 18.7 Å². The molecule has 0 saturated heterocycles. The van der Waals surface area contributed by atoms with Crippen molar-refractivity contribution >= 4 is 11.8 Å². The summed E-state index contributed by atoms with van der Waals surface area (Å²) < 4.78 is 17.6. The van der Waals surface area contributed by atoms with E-state index in [4.69, 9.17) is 0 Å². The highest BCUT2D eigenvalue weighted by atomic mass is 19.1. The molecule has 0 aromatic heterocycles. The van der Waals surface area contributed by atoms with Crippen molar-refractivity contribution in [1.29, 1.82) is 0 Å². The summed E-state index contributed by atoms with van der Waals surface area (Å²) in [6.07, 6.45) is 0. The van der Waals surface area contributed by atoms with Crippen LogP contribution in [0.15, 0.2) is 18.2 Å². The van der Waals surface area contributed by atoms with Gasteiger partial charge in [-0.1, -0.05) is 0 Å². The molecule has 0 aliphatic carbocycles. The van der Waals surface area contributed by atoms with Crippen molar-refractivity contribution in [1.82, 2.24) is 0 Å². The number of halogens is 1. The van der Waals surface area contributed by atoms with Crippen LogP contribution < -0.4 is 0 Å². The molecule has 4 heteroatoms. The number of hydrogen-bond acceptors (Lipinski definition) is 3. The number of Topliss-reactive ketones (excluding diaryl/α,β-unsaturated/α-hetero) is 1. The van der Waals surface area contributed by atoms with Crippen molar-refractivity contribution in [2.24, 2.45) is 0 Å². The van der Waals surface area contributed by atoms with Crippen LogP contribution in [0.2, 0.25) is 0 Å². The molecular weight excluding hydrogens is 187 g/mol. The predicted molar refractivity (Wildman–Crippen MR) is 47.7 cm³/mol. The number of esters is 1. The lowest BCUT2D eigenvalue weighted by atomic mass is 10.1. The van der Waals surface area contributed by atoms with Gasteiger partial charge in [-0.05, 0) is 25.1 Å². The summed E-state index contributed by atoms with van der Waals surface area (Å²) >= 11 is 0. The van der Waals surface area contributed by atoms with Gasteiger partial charge in [0.2, 0.25) is 0 Å². The largest absolute Gasteiger partial charge is 0.465 e. The van der Waals surface area contributed by atoms with Crippen LogP contribution in [0.1, 0.15) is 27.6 Å². The number of methoxy groups -OCH3 is 1. The van der Waals surface area contributed by atoms with E-state index in [0.29, 0.717) is 0 Å². The van der Waals surface area contributed by atoms with E-state index in [1.54, 1.807) is 0 Å². The van der Waals surface area contributed by atoms with E-state index >= 15 is 0 Å². The van der Waals surface area contributed by atoms with Crippen molar-refractivity contribution in [3.63, 3.8) is 0 Å². The van der Waals surface area contributed by atoms with Gasteiger partial charge >= 0.3 is 5.97 Å². The summed E-state index contributed by atoms with van der Waals surface area (Å²) in [5.41, 5.74) is 0.0626. The second-order valence-corrected chi connectivity index (χ2v) is 2.74. The maximum absolute atomic E-state index is 13.2. The molecule has 1 aromatic rings. The second-order valence-electron chi connectivity index (χ2n) is 2.74. The van der Waals surface area contributed by atoms with Gasteiger partial charge in [-0.3, -0.25) is 4.79 Å². The molecule has 74 valence electrons. The maximum atomic E-state index is 13.2. The molecule has 0 aliphatic heterocycles. The molecule has 0 fully saturated rings. The Labute approximate surface area is 80.5 Å². The molecular formula is C10H9FO3. The normalized spacial score (nSPS) is 9.64. The average Bonchev–Trinajstić information content (AvgIpc) is 2.15. The zero-order chi connectivity index (χ0) is 10.7. The lowest BCUT2D eigenvalue weighted by molar-refractivity contribution is 0.0599. The third kappa shape index (κ3) is 1.96. The molecule has 0 bridgehead atoms. The van der Waals surface area contributed by atoms with Crippen molar-refractivity contribution in [2.75, 3.05) is 7.11 Å². The van der Waals surface area contributed by atoms with Gasteiger partial charge in [-0.15, -0.1) is 0 Å². The quantitative estimate of drug-likeness (QED) is 0.535. The fraction of sp³-hybridized carbons (Fsp3) is 0.200. The van der Waals surface area contributed by atoms with Gasteiger partial charge in [0, 0.05) is 0 Å². The van der Waals surface area contributed by atoms with E-state index in [9.17, 15) is 14.0 Å². The molecule has 1 rings (SSSR count). The zero-order valence-electron chi connectivity index (χ0n) is 7.83. The van der Waals surface area contributed by atoms with Crippen LogP contribution in [0.4, 0.5) is 4.39 Å². The Kier molecular flexibility index (Phi) is 2.96. The minimum absolute atomic E-state index is 0.0300. The van der Waals surface area contributed by atoms with Crippen LogP contribution >= 0.6 is 0 Å². The van der Waals surface area contributed by atoms with Crippen LogP contribution in [-0.2, 0) is 4.74 Å². The molecule has 0 atom stereocenters. The van der Waals surface area contributed by atoms with E-state index in [2.05, 4.69) is 4.74 Å². The van der Waals surface area contributed by atoms with Crippen LogP contribution in [0.25, 0.3) is 0 Å². The van der Waals surface area contributed by atoms with E-state index in [-0.39, 0.29) is 16.9 Å². The smallest absolute Gasteiger partial charge is 0.337 e. The predicted octanol–water partition coefficient (Wildman–Crippen LogP) is 1.81. The SMILES string of the molecule is COC(=O)c1ccc(C(C)=O)c(F)c1. The first-order chi connectivity index (χ1) is 6.56. The number of ether oxygens (including phenoxy) is 1. The molecule has 1 aromatic carbocycles. The number of rotatable bonds is 2. The third-order valence-corrected chi connectivity index (χ3v) is 1.77. The van der Waals surface area contributed by atoms with Gasteiger partial charge in [-0.2, -0.15) is 0 Å². The Morgan fingerprint density at radius 1 is 1.36 bits per heavy atom. The number of carbonyl (C=O) groups excluding carboxylic acids is 2. The molecule has 0 heterocycles. The molecule has 0 aliphatic rings. The summed E-state index contributed by atoms with van der Waals surface area (Å²) in [7, 11) is 1.21. The number of ketones is 1. The molecule has 0 saturated carbocycles. The minimum atomic E-state index is -0.708. The molecule has 0 amide bonds. The number of hydrogen-bond donors (Lipinski definition) is 0. The lowest BCUT2D eigenvalue weighted by Gasteiger charge is -2.01. The summed E-state index contributed by atoms with van der Waals surface area (Å²) in [4.78, 5) is 21.8. The molecule has 14 heavy (non-hydrogen) atoms. The summed E-state index contributed by atoms with van der Waals surface area (Å²) in [6.45, 7) is 1.26. The highest BCUT2D eigenvalue weighted by Gasteiger charge is 2.11. The van der Waals surface area contributed by atoms with Crippen LogP contribution in [0, 0.1) is 5.82 Å². The molecule has 0 unspecified atom stereocenters. The molecule has 0 spiro atoms. The first kappa shape index (κ1) is 10.4. The van der Waals surface area contributed by atoms with Crippen molar-refractivity contribution in [2.45, 2.75) is 6.92 Å². The van der Waals surface area contributed by atoms with Gasteiger partial charge < -0.3 is 4.74 Å². The lowest BCUT2D eigenvalue weighted by Crippen LogP contribution is -2.04. The highest BCUT2D eigenvalue weighted by Crippen LogP contribution is 2.11. The topological polar surface area (TPSA) is 43.4 Å². The van der Waals surface area contributed by atoms with E-state index in [1.165, 1.54) is 26.2 Å². The van der Waals surface area contributed by atoms with Crippen molar-refractivity contribution in [3.8, 4) is 0 Å². The Morgan fingerprint density at radius 3 is 2.43 bits per heavy atom. The van der Waals surface area contributed by atoms with E-state index in [1.807, 2.05) is 0 Å². The standard InChI is InChI=1S/C10H9FO3/c1-6(12)8-4-3-7(5-9(8)11)10(13)14-2/h3-5H,1-2H3. The van der Waals surface area contributed by atoms with Gasteiger partial charge in [0.1, 0.15) is 5.82 Å². The summed E-state index contributed by atoms with van der Waals surface area (Å²) in [5, 5.41) is 0. The van der Waals surface area contributed by atoms with Gasteiger partial charge in [0.05, 0.1) is 18.2 Å². The van der Waals surface area contributed by atoms with Gasteiger partial charge in [0.15, 0.2) is 5.78 Å². The van der Waals surface area contributed by atoms with E-state index < -0.39 is 11.8 Å². The van der Waals surface area contributed by atoms with Crippen LogP contribution in [0.3, 0.4) is 0 Å². The van der Waals surface area contributed by atoms with Crippen LogP contribution in [-0.4, -0.2) is 18.9 Å². The first-order valence-electron chi connectivity index (χ1n) is 3.95. The third-order valence-electron chi connectivity index (χ3n) is 1.77. The number of carbonyl (C=O) groups is 2.